The van der Waals surface area contributed by atoms with E-state index in [1.165, 1.54) is 0 Å². The van der Waals surface area contributed by atoms with Crippen LogP contribution in [0.2, 0.25) is 0 Å². The van der Waals surface area contributed by atoms with Crippen molar-refractivity contribution in [1.82, 2.24) is 0 Å². The van der Waals surface area contributed by atoms with Crippen LogP contribution in [0.4, 0.5) is 0 Å². The lowest BCUT2D eigenvalue weighted by molar-refractivity contribution is -0.149. The van der Waals surface area contributed by atoms with E-state index in [0.29, 0.717) is 13.0 Å². The Hall–Kier alpha value is -1.55. The molecule has 1 saturated heterocycles. The van der Waals surface area contributed by atoms with Gasteiger partial charge in [-0.25, -0.2) is 4.79 Å². The molecule has 1 heterocycles. The zero-order valence-corrected chi connectivity index (χ0v) is 11.9. The summed E-state index contributed by atoms with van der Waals surface area (Å²) in [6.07, 6.45) is 0.570. The summed E-state index contributed by atoms with van der Waals surface area (Å²) in [7, 11) is 1.61. The van der Waals surface area contributed by atoms with Gasteiger partial charge in [-0.2, -0.15) is 0 Å². The third-order valence-electron chi connectivity index (χ3n) is 3.83. The molecular formula is C15H20O4. The predicted molar refractivity (Wildman–Crippen MR) is 71.1 cm³/mol. The summed E-state index contributed by atoms with van der Waals surface area (Å²) in [5, 5.41) is 0. The minimum Gasteiger partial charge on any atom is -0.496 e. The van der Waals surface area contributed by atoms with Gasteiger partial charge in [0, 0.05) is 5.56 Å². The molecule has 2 unspecified atom stereocenters. The lowest BCUT2D eigenvalue weighted by Crippen LogP contribution is -2.33. The maximum Gasteiger partial charge on any atom is 0.341 e. The average molecular weight is 264 g/mol. The molecule has 19 heavy (non-hydrogen) atoms. The van der Waals surface area contributed by atoms with Gasteiger partial charge in [0.05, 0.1) is 13.7 Å². The summed E-state index contributed by atoms with van der Waals surface area (Å²) in [6, 6.07) is 7.60. The van der Waals surface area contributed by atoms with Crippen molar-refractivity contribution in [1.29, 1.82) is 0 Å². The first-order chi connectivity index (χ1) is 9.05. The summed E-state index contributed by atoms with van der Waals surface area (Å²) in [6.45, 7) is 5.99. The largest absolute Gasteiger partial charge is 0.496 e. The number of carbonyl (C=O) groups excluding carboxylic acids is 1. The number of hydrogen-bond acceptors (Lipinski definition) is 4. The Balaban J connectivity index is 2.38. The van der Waals surface area contributed by atoms with Crippen molar-refractivity contribution in [2.75, 3.05) is 13.7 Å². The zero-order chi connectivity index (χ0) is 14.1. The highest BCUT2D eigenvalue weighted by Gasteiger charge is 2.73. The fourth-order valence-corrected chi connectivity index (χ4v) is 2.67. The molecule has 0 aliphatic carbocycles. The molecule has 104 valence electrons. The quantitative estimate of drug-likeness (QED) is 0.606. The Morgan fingerprint density at radius 2 is 2.00 bits per heavy atom. The summed E-state index contributed by atoms with van der Waals surface area (Å²) >= 11 is 0. The minimum atomic E-state index is -0.891. The maximum atomic E-state index is 12.2. The highest BCUT2D eigenvalue weighted by molar-refractivity contribution is 5.85. The van der Waals surface area contributed by atoms with Gasteiger partial charge < -0.3 is 14.2 Å². The topological polar surface area (TPSA) is 48.1 Å². The van der Waals surface area contributed by atoms with Gasteiger partial charge in [-0.15, -0.1) is 0 Å². The minimum absolute atomic E-state index is 0.300. The molecule has 2 rings (SSSR count). The third-order valence-corrected chi connectivity index (χ3v) is 3.83. The first-order valence-electron chi connectivity index (χ1n) is 6.56. The number of rotatable bonds is 5. The van der Waals surface area contributed by atoms with E-state index in [2.05, 4.69) is 0 Å². The first kappa shape index (κ1) is 13.9. The fraction of sp³-hybridized carbons (Fsp3) is 0.533. The van der Waals surface area contributed by atoms with Gasteiger partial charge in [0.25, 0.3) is 0 Å². The molecule has 0 N–H and O–H groups in total. The van der Waals surface area contributed by atoms with E-state index >= 15 is 0 Å². The smallest absolute Gasteiger partial charge is 0.341 e. The Morgan fingerprint density at radius 3 is 2.58 bits per heavy atom. The van der Waals surface area contributed by atoms with Crippen molar-refractivity contribution < 1.29 is 19.0 Å². The Morgan fingerprint density at radius 1 is 1.32 bits per heavy atom. The molecule has 0 spiro atoms. The van der Waals surface area contributed by atoms with Crippen LogP contribution in [0.3, 0.4) is 0 Å². The number of hydrogen-bond donors (Lipinski definition) is 0. The lowest BCUT2D eigenvalue weighted by atomic mass is 9.85. The molecule has 1 aliphatic heterocycles. The zero-order valence-electron chi connectivity index (χ0n) is 11.9. The molecule has 0 radical (unpaired) electrons. The fourth-order valence-electron chi connectivity index (χ4n) is 2.67. The van der Waals surface area contributed by atoms with E-state index in [9.17, 15) is 4.79 Å². The van der Waals surface area contributed by atoms with Crippen molar-refractivity contribution in [3.63, 3.8) is 0 Å². The second kappa shape index (κ2) is 4.85. The van der Waals surface area contributed by atoms with Crippen molar-refractivity contribution in [3.8, 4) is 5.75 Å². The van der Waals surface area contributed by atoms with Crippen LogP contribution in [0.1, 0.15) is 32.8 Å². The number of benzene rings is 1. The summed E-state index contributed by atoms with van der Waals surface area (Å²) in [5.41, 5.74) is -0.689. The van der Waals surface area contributed by atoms with E-state index < -0.39 is 11.2 Å². The van der Waals surface area contributed by atoms with Crippen LogP contribution in [0.15, 0.2) is 24.3 Å². The highest BCUT2D eigenvalue weighted by atomic mass is 16.7. The molecule has 2 atom stereocenters. The Bertz CT molecular complexity index is 485. The van der Waals surface area contributed by atoms with Crippen LogP contribution in [-0.4, -0.2) is 25.3 Å². The Kier molecular flexibility index (Phi) is 3.54. The van der Waals surface area contributed by atoms with Gasteiger partial charge in [-0.3, -0.25) is 0 Å². The van der Waals surface area contributed by atoms with Crippen molar-refractivity contribution in [2.45, 2.75) is 38.4 Å². The number of ether oxygens (including phenoxy) is 3. The van der Waals surface area contributed by atoms with Crippen molar-refractivity contribution in [3.05, 3.63) is 29.8 Å². The van der Waals surface area contributed by atoms with Crippen molar-refractivity contribution >= 4 is 5.97 Å². The van der Waals surface area contributed by atoms with Gasteiger partial charge in [0.2, 0.25) is 0 Å². The number of epoxide rings is 1. The third kappa shape index (κ3) is 1.91. The number of esters is 1. The summed E-state index contributed by atoms with van der Waals surface area (Å²) in [5.74, 6) is 0.426. The molecule has 1 aromatic carbocycles. The van der Waals surface area contributed by atoms with Crippen LogP contribution >= 0.6 is 0 Å². The normalized spacial score (nSPS) is 28.8. The van der Waals surface area contributed by atoms with Gasteiger partial charge in [0.15, 0.2) is 5.60 Å². The van der Waals surface area contributed by atoms with Gasteiger partial charge in [-0.05, 0) is 26.3 Å². The molecule has 4 nitrogen and oxygen atoms in total. The molecule has 1 aromatic rings. The summed E-state index contributed by atoms with van der Waals surface area (Å²) in [4.78, 5) is 12.2. The van der Waals surface area contributed by atoms with E-state index in [4.69, 9.17) is 14.2 Å². The Labute approximate surface area is 113 Å². The second-order valence-electron chi connectivity index (χ2n) is 4.74. The molecule has 1 fully saturated rings. The monoisotopic (exact) mass is 264 g/mol. The predicted octanol–water partition coefficient (Wildman–Crippen LogP) is 2.65. The average Bonchev–Trinajstić information content (AvgIpc) is 3.07. The molecule has 0 bridgehead atoms. The molecule has 4 heteroatoms. The SMILES string of the molecule is CCOC(=O)C1(CC)OC1(C)c1ccccc1OC. The summed E-state index contributed by atoms with van der Waals surface area (Å²) < 4.78 is 16.3. The van der Waals surface area contributed by atoms with Crippen LogP contribution in [0, 0.1) is 0 Å². The highest BCUT2D eigenvalue weighted by Crippen LogP contribution is 2.59. The van der Waals surface area contributed by atoms with Crippen molar-refractivity contribution in [2.24, 2.45) is 0 Å². The molecule has 1 aliphatic rings. The van der Waals surface area contributed by atoms with Crippen LogP contribution in [0.25, 0.3) is 0 Å². The van der Waals surface area contributed by atoms with E-state index in [0.717, 1.165) is 11.3 Å². The number of methoxy groups -OCH3 is 1. The van der Waals surface area contributed by atoms with Crippen LogP contribution in [0.5, 0.6) is 5.75 Å². The maximum absolute atomic E-state index is 12.2. The van der Waals surface area contributed by atoms with Gasteiger partial charge in [-0.1, -0.05) is 25.1 Å². The number of para-hydroxylation sites is 1. The standard InChI is InChI=1S/C15H20O4/c1-5-15(13(16)18-6-2)14(3,19-15)11-9-7-8-10-12(11)17-4/h7-10H,5-6H2,1-4H3. The van der Waals surface area contributed by atoms with E-state index in [1.54, 1.807) is 14.0 Å². The van der Waals surface area contributed by atoms with Crippen LogP contribution < -0.4 is 4.74 Å². The molecule has 0 amide bonds. The van der Waals surface area contributed by atoms with Crippen LogP contribution in [-0.2, 0) is 19.9 Å². The molecular weight excluding hydrogens is 244 g/mol. The second-order valence-corrected chi connectivity index (χ2v) is 4.74. The van der Waals surface area contributed by atoms with Gasteiger partial charge >= 0.3 is 5.97 Å². The molecule has 0 saturated carbocycles. The molecule has 0 aromatic heterocycles. The van der Waals surface area contributed by atoms with E-state index in [-0.39, 0.29) is 5.97 Å². The lowest BCUT2D eigenvalue weighted by Gasteiger charge is -2.16. The van der Waals surface area contributed by atoms with Gasteiger partial charge in [0.1, 0.15) is 11.4 Å². The van der Waals surface area contributed by atoms with E-state index in [1.807, 2.05) is 38.1 Å². The first-order valence-corrected chi connectivity index (χ1v) is 6.56. The number of carbonyl (C=O) groups is 1.